The van der Waals surface area contributed by atoms with Gasteiger partial charge in [-0.2, -0.15) is 0 Å². The molecule has 0 saturated carbocycles. The number of amides is 1. The fourth-order valence-corrected chi connectivity index (χ4v) is 3.52. The summed E-state index contributed by atoms with van der Waals surface area (Å²) in [5.41, 5.74) is 1.52. The van der Waals surface area contributed by atoms with Crippen LogP contribution in [0.3, 0.4) is 0 Å². The number of carbonyl (C=O) groups excluding carboxylic acids is 1. The zero-order chi connectivity index (χ0) is 17.5. The fourth-order valence-electron chi connectivity index (χ4n) is 3.26. The molecule has 24 heavy (non-hydrogen) atoms. The molecule has 4 nitrogen and oxygen atoms in total. The summed E-state index contributed by atoms with van der Waals surface area (Å²) in [6.07, 6.45) is 6.37. The van der Waals surface area contributed by atoms with Gasteiger partial charge in [0.05, 0.1) is 10.6 Å². The maximum absolute atomic E-state index is 12.0. The average molecular weight is 352 g/mol. The summed E-state index contributed by atoms with van der Waals surface area (Å²) in [6, 6.07) is 5.99. The number of carbonyl (C=O) groups is 1. The highest BCUT2D eigenvalue weighted by Gasteiger charge is 2.15. The Balaban J connectivity index is 1.79. The summed E-state index contributed by atoms with van der Waals surface area (Å²) >= 11 is 6.26. The van der Waals surface area contributed by atoms with E-state index in [0.717, 1.165) is 18.0 Å². The number of anilines is 1. The minimum absolute atomic E-state index is 0.0680. The van der Waals surface area contributed by atoms with Gasteiger partial charge in [0.1, 0.15) is 0 Å². The second-order valence-corrected chi connectivity index (χ2v) is 7.47. The minimum atomic E-state index is -0.0680. The van der Waals surface area contributed by atoms with Crippen LogP contribution in [0, 0.1) is 5.92 Å². The zero-order valence-corrected chi connectivity index (χ0v) is 15.8. The van der Waals surface area contributed by atoms with Crippen molar-refractivity contribution in [2.24, 2.45) is 5.92 Å². The van der Waals surface area contributed by atoms with Crippen molar-refractivity contribution in [2.75, 3.05) is 32.5 Å². The van der Waals surface area contributed by atoms with Gasteiger partial charge in [0, 0.05) is 25.8 Å². The summed E-state index contributed by atoms with van der Waals surface area (Å²) < 4.78 is 0. The van der Waals surface area contributed by atoms with E-state index in [4.69, 9.17) is 11.6 Å². The molecule has 1 aromatic carbocycles. The lowest BCUT2D eigenvalue weighted by atomic mass is 9.92. The summed E-state index contributed by atoms with van der Waals surface area (Å²) in [6.45, 7) is 4.55. The van der Waals surface area contributed by atoms with E-state index in [1.807, 2.05) is 12.1 Å². The molecule has 1 atom stereocenters. The lowest BCUT2D eigenvalue weighted by Gasteiger charge is -2.23. The van der Waals surface area contributed by atoms with E-state index in [0.29, 0.717) is 16.6 Å². The Hall–Kier alpha value is -1.26. The lowest BCUT2D eigenvalue weighted by molar-refractivity contribution is 0.0828. The van der Waals surface area contributed by atoms with Crippen LogP contribution < -0.4 is 10.6 Å². The van der Waals surface area contributed by atoms with E-state index in [-0.39, 0.29) is 5.91 Å². The Morgan fingerprint density at radius 3 is 2.71 bits per heavy atom. The molecule has 1 aliphatic heterocycles. The first-order valence-electron chi connectivity index (χ1n) is 8.96. The maximum atomic E-state index is 12.0. The van der Waals surface area contributed by atoms with Gasteiger partial charge in [-0.3, -0.25) is 4.79 Å². The summed E-state index contributed by atoms with van der Waals surface area (Å²) in [5.74, 6) is 0.825. The van der Waals surface area contributed by atoms with Crippen molar-refractivity contribution >= 4 is 23.2 Å². The number of hydrogen-bond acceptors (Lipinski definition) is 3. The first-order valence-corrected chi connectivity index (χ1v) is 9.33. The van der Waals surface area contributed by atoms with E-state index in [2.05, 4.69) is 17.6 Å². The van der Waals surface area contributed by atoms with Crippen LogP contribution in [0.25, 0.3) is 0 Å². The van der Waals surface area contributed by atoms with Crippen LogP contribution in [0.15, 0.2) is 18.2 Å². The first kappa shape index (κ1) is 19.1. The Labute approximate surface area is 150 Å². The number of benzene rings is 1. The molecule has 0 spiro atoms. The van der Waals surface area contributed by atoms with Gasteiger partial charge in [0.15, 0.2) is 0 Å². The van der Waals surface area contributed by atoms with E-state index in [1.54, 1.807) is 20.2 Å². The van der Waals surface area contributed by atoms with Crippen molar-refractivity contribution in [3.8, 4) is 0 Å². The molecule has 0 radical (unpaired) electrons. The van der Waals surface area contributed by atoms with Gasteiger partial charge < -0.3 is 15.5 Å². The predicted molar refractivity (Wildman–Crippen MR) is 102 cm³/mol. The van der Waals surface area contributed by atoms with Crippen molar-refractivity contribution in [3.05, 3.63) is 28.8 Å². The van der Waals surface area contributed by atoms with E-state index in [9.17, 15) is 4.79 Å². The lowest BCUT2D eigenvalue weighted by Crippen LogP contribution is -2.27. The van der Waals surface area contributed by atoms with Crippen LogP contribution >= 0.6 is 11.6 Å². The highest BCUT2D eigenvalue weighted by molar-refractivity contribution is 6.34. The second kappa shape index (κ2) is 9.28. The van der Waals surface area contributed by atoms with Crippen molar-refractivity contribution in [1.82, 2.24) is 10.2 Å². The normalized spacial score (nSPS) is 16.7. The summed E-state index contributed by atoms with van der Waals surface area (Å²) in [5, 5.41) is 7.41. The van der Waals surface area contributed by atoms with Crippen LogP contribution in [-0.4, -0.2) is 44.0 Å². The fraction of sp³-hybridized carbons (Fsp3) is 0.632. The molecule has 0 bridgehead atoms. The molecular formula is C19H30ClN3O. The SMILES string of the molecule is C[C@@H](CCCC1CCNCC1)Nc1ccc(C(=O)N(C)C)c(Cl)c1. The van der Waals surface area contributed by atoms with Gasteiger partial charge in [-0.15, -0.1) is 0 Å². The molecule has 5 heteroatoms. The number of halogens is 1. The van der Waals surface area contributed by atoms with Gasteiger partial charge >= 0.3 is 0 Å². The Kier molecular flexibility index (Phi) is 7.38. The highest BCUT2D eigenvalue weighted by Crippen LogP contribution is 2.24. The second-order valence-electron chi connectivity index (χ2n) is 7.06. The number of piperidine rings is 1. The van der Waals surface area contributed by atoms with Gasteiger partial charge in [0.25, 0.3) is 5.91 Å². The molecule has 134 valence electrons. The zero-order valence-electron chi connectivity index (χ0n) is 15.1. The predicted octanol–water partition coefficient (Wildman–Crippen LogP) is 4.01. The molecule has 0 unspecified atom stereocenters. The monoisotopic (exact) mass is 351 g/mol. The van der Waals surface area contributed by atoms with Gasteiger partial charge in [0.2, 0.25) is 0 Å². The van der Waals surface area contributed by atoms with E-state index in [1.165, 1.54) is 43.7 Å². The van der Waals surface area contributed by atoms with E-state index >= 15 is 0 Å². The number of rotatable bonds is 7. The Morgan fingerprint density at radius 1 is 1.38 bits per heavy atom. The largest absolute Gasteiger partial charge is 0.383 e. The molecule has 1 aromatic rings. The minimum Gasteiger partial charge on any atom is -0.383 e. The van der Waals surface area contributed by atoms with Crippen LogP contribution in [0.4, 0.5) is 5.69 Å². The first-order chi connectivity index (χ1) is 11.5. The Morgan fingerprint density at radius 2 is 2.08 bits per heavy atom. The standard InChI is InChI=1S/C19H30ClN3O/c1-14(5-4-6-15-9-11-21-12-10-15)22-16-7-8-17(18(20)13-16)19(24)23(2)3/h7-8,13-15,21-22H,4-6,9-12H2,1-3H3/t14-/m0/s1. The third-order valence-corrected chi connectivity index (χ3v) is 5.04. The number of nitrogens with zero attached hydrogens (tertiary/aromatic N) is 1. The quantitative estimate of drug-likeness (QED) is 0.780. The Bertz CT molecular complexity index is 541. The van der Waals surface area contributed by atoms with Gasteiger partial charge in [-0.1, -0.05) is 24.4 Å². The molecule has 2 N–H and O–H groups in total. The molecular weight excluding hydrogens is 322 g/mol. The van der Waals surface area contributed by atoms with Crippen molar-refractivity contribution in [1.29, 1.82) is 0 Å². The van der Waals surface area contributed by atoms with Crippen LogP contribution in [0.1, 0.15) is 49.4 Å². The molecule has 1 amide bonds. The smallest absolute Gasteiger partial charge is 0.254 e. The third kappa shape index (κ3) is 5.67. The van der Waals surface area contributed by atoms with Crippen LogP contribution in [0.2, 0.25) is 5.02 Å². The van der Waals surface area contributed by atoms with E-state index < -0.39 is 0 Å². The molecule has 1 saturated heterocycles. The molecule has 2 rings (SSSR count). The molecule has 1 fully saturated rings. The van der Waals surface area contributed by atoms with Crippen LogP contribution in [0.5, 0.6) is 0 Å². The number of hydrogen-bond donors (Lipinski definition) is 2. The maximum Gasteiger partial charge on any atom is 0.254 e. The van der Waals surface area contributed by atoms with Crippen molar-refractivity contribution in [3.63, 3.8) is 0 Å². The average Bonchev–Trinajstić information content (AvgIpc) is 2.55. The molecule has 0 aliphatic carbocycles. The third-order valence-electron chi connectivity index (χ3n) is 4.73. The molecule has 1 heterocycles. The summed E-state index contributed by atoms with van der Waals surface area (Å²) in [7, 11) is 3.46. The molecule has 0 aromatic heterocycles. The highest BCUT2D eigenvalue weighted by atomic mass is 35.5. The summed E-state index contributed by atoms with van der Waals surface area (Å²) in [4.78, 5) is 13.5. The topological polar surface area (TPSA) is 44.4 Å². The van der Waals surface area contributed by atoms with Gasteiger partial charge in [-0.25, -0.2) is 0 Å². The van der Waals surface area contributed by atoms with Crippen LogP contribution in [-0.2, 0) is 0 Å². The molecule has 1 aliphatic rings. The number of nitrogens with one attached hydrogen (secondary N) is 2. The van der Waals surface area contributed by atoms with Crippen molar-refractivity contribution < 1.29 is 4.79 Å². The van der Waals surface area contributed by atoms with Gasteiger partial charge in [-0.05, 0) is 63.4 Å². The van der Waals surface area contributed by atoms with Crippen molar-refractivity contribution in [2.45, 2.75) is 45.1 Å².